The Morgan fingerprint density at radius 3 is 2.66 bits per heavy atom. The van der Waals surface area contributed by atoms with E-state index >= 15 is 0 Å². The van der Waals surface area contributed by atoms with Crippen LogP contribution in [-0.4, -0.2) is 15.1 Å². The number of H-pyrrole nitrogens is 1. The van der Waals surface area contributed by atoms with Crippen molar-refractivity contribution in [3.05, 3.63) is 107 Å². The van der Waals surface area contributed by atoms with E-state index in [2.05, 4.69) is 73.5 Å². The smallest absolute Gasteiger partial charge is 0.142 e. The number of aromatic amines is 1. The predicted molar refractivity (Wildman–Crippen MR) is 122 cm³/mol. The normalized spacial score (nSPS) is 19.2. The molecule has 0 saturated carbocycles. The summed E-state index contributed by atoms with van der Waals surface area (Å²) < 4.78 is 0. The third-order valence-electron chi connectivity index (χ3n) is 5.20. The molecule has 0 saturated heterocycles. The monoisotopic (exact) mass is 382 g/mol. The van der Waals surface area contributed by atoms with E-state index in [1.807, 2.05) is 12.2 Å². The van der Waals surface area contributed by atoms with Gasteiger partial charge >= 0.3 is 0 Å². The van der Waals surface area contributed by atoms with Crippen molar-refractivity contribution in [2.45, 2.75) is 33.1 Å². The first kappa shape index (κ1) is 19.0. The number of aliphatic hydroxyl groups is 1. The highest BCUT2D eigenvalue weighted by Crippen LogP contribution is 2.32. The third-order valence-corrected chi connectivity index (χ3v) is 5.20. The standard InChI is InChI=1S/C26H26N2O/c1-18-9-7-13-21(16-15-18)25-24(20-11-5-3-4-6-12-20)27-26(28-25)22-17-19(2)10-8-14-23(22)29/h3-5,7-9,11-14,16-17,29H,6,10,15H2,1-2H3,(H,27,28). The number of aromatic nitrogens is 2. The van der Waals surface area contributed by atoms with Gasteiger partial charge in [-0.25, -0.2) is 4.98 Å². The van der Waals surface area contributed by atoms with Gasteiger partial charge in [-0.1, -0.05) is 71.9 Å². The summed E-state index contributed by atoms with van der Waals surface area (Å²) in [6.07, 6.45) is 27.5. The van der Waals surface area contributed by atoms with Crippen molar-refractivity contribution >= 4 is 16.7 Å². The molecule has 1 aromatic rings. The number of nitrogens with zero attached hydrogens (tertiary/aromatic N) is 1. The maximum atomic E-state index is 10.6. The fourth-order valence-electron chi connectivity index (χ4n) is 3.60. The molecule has 1 aromatic heterocycles. The van der Waals surface area contributed by atoms with Crippen LogP contribution in [0.4, 0.5) is 0 Å². The Kier molecular flexibility index (Phi) is 5.48. The highest BCUT2D eigenvalue weighted by Gasteiger charge is 2.19. The van der Waals surface area contributed by atoms with Crippen LogP contribution in [0.25, 0.3) is 16.7 Å². The van der Waals surface area contributed by atoms with Gasteiger partial charge in [0, 0.05) is 0 Å². The number of hydrogen-bond acceptors (Lipinski definition) is 2. The van der Waals surface area contributed by atoms with Crippen molar-refractivity contribution in [2.24, 2.45) is 0 Å². The second-order valence-electron chi connectivity index (χ2n) is 7.62. The minimum absolute atomic E-state index is 0.239. The van der Waals surface area contributed by atoms with Gasteiger partial charge in [-0.15, -0.1) is 0 Å². The van der Waals surface area contributed by atoms with Crippen LogP contribution in [0.1, 0.15) is 50.3 Å². The molecule has 0 unspecified atom stereocenters. The van der Waals surface area contributed by atoms with E-state index in [-0.39, 0.29) is 5.76 Å². The Hall–Kier alpha value is -3.33. The van der Waals surface area contributed by atoms with Gasteiger partial charge in [0.25, 0.3) is 0 Å². The van der Waals surface area contributed by atoms with Crippen LogP contribution in [0.3, 0.4) is 0 Å². The molecule has 0 atom stereocenters. The van der Waals surface area contributed by atoms with Gasteiger partial charge in [0.15, 0.2) is 0 Å². The zero-order valence-electron chi connectivity index (χ0n) is 16.9. The molecule has 29 heavy (non-hydrogen) atoms. The predicted octanol–water partition coefficient (Wildman–Crippen LogP) is 6.77. The first-order valence-electron chi connectivity index (χ1n) is 10.1. The fraction of sp³-hybridized carbons (Fsp3) is 0.192. The van der Waals surface area contributed by atoms with Gasteiger partial charge in [0.1, 0.15) is 11.6 Å². The number of rotatable bonds is 3. The third kappa shape index (κ3) is 4.24. The Morgan fingerprint density at radius 2 is 1.76 bits per heavy atom. The van der Waals surface area contributed by atoms with E-state index < -0.39 is 0 Å². The van der Waals surface area contributed by atoms with Crippen molar-refractivity contribution in [2.75, 3.05) is 0 Å². The van der Waals surface area contributed by atoms with Crippen molar-refractivity contribution in [1.29, 1.82) is 0 Å². The average Bonchev–Trinajstić information content (AvgIpc) is 2.89. The highest BCUT2D eigenvalue weighted by molar-refractivity contribution is 5.87. The molecule has 0 spiro atoms. The van der Waals surface area contributed by atoms with Crippen molar-refractivity contribution < 1.29 is 5.11 Å². The van der Waals surface area contributed by atoms with Crippen LogP contribution in [0.5, 0.6) is 0 Å². The highest BCUT2D eigenvalue weighted by atomic mass is 16.3. The van der Waals surface area contributed by atoms with Gasteiger partial charge < -0.3 is 10.1 Å². The van der Waals surface area contributed by atoms with Crippen LogP contribution in [0.15, 0.2) is 89.8 Å². The van der Waals surface area contributed by atoms with E-state index in [1.165, 1.54) is 11.1 Å². The number of imidazole rings is 1. The molecule has 0 aromatic carbocycles. The first-order chi connectivity index (χ1) is 14.1. The van der Waals surface area contributed by atoms with Crippen LogP contribution in [0.2, 0.25) is 0 Å². The lowest BCUT2D eigenvalue weighted by atomic mass is 10.0. The summed E-state index contributed by atoms with van der Waals surface area (Å²) in [5.74, 6) is 0.928. The Morgan fingerprint density at radius 1 is 0.897 bits per heavy atom. The van der Waals surface area contributed by atoms with Crippen LogP contribution < -0.4 is 0 Å². The zero-order valence-corrected chi connectivity index (χ0v) is 16.9. The summed E-state index contributed by atoms with van der Waals surface area (Å²) in [6, 6.07) is 0. The number of hydrogen-bond donors (Lipinski definition) is 2. The number of nitrogens with one attached hydrogen (secondary N) is 1. The lowest BCUT2D eigenvalue weighted by Crippen LogP contribution is -1.90. The van der Waals surface area contributed by atoms with Crippen molar-refractivity contribution in [3.8, 4) is 0 Å². The number of aliphatic hydroxyl groups excluding tert-OH is 1. The van der Waals surface area contributed by atoms with E-state index in [0.29, 0.717) is 5.82 Å². The summed E-state index contributed by atoms with van der Waals surface area (Å²) in [5.41, 5.74) is 7.33. The minimum Gasteiger partial charge on any atom is -0.507 e. The second kappa shape index (κ2) is 8.36. The molecule has 146 valence electrons. The molecule has 0 aliphatic heterocycles. The summed E-state index contributed by atoms with van der Waals surface area (Å²) in [7, 11) is 0. The Bertz CT molecular complexity index is 1090. The number of allylic oxidation sites excluding steroid dienone is 17. The van der Waals surface area contributed by atoms with Crippen LogP contribution in [-0.2, 0) is 0 Å². The van der Waals surface area contributed by atoms with E-state index in [1.54, 1.807) is 6.08 Å². The van der Waals surface area contributed by atoms with Crippen LogP contribution >= 0.6 is 0 Å². The summed E-state index contributed by atoms with van der Waals surface area (Å²) in [6.45, 7) is 4.21. The molecule has 3 aliphatic carbocycles. The molecule has 1 heterocycles. The molecular weight excluding hydrogens is 356 g/mol. The van der Waals surface area contributed by atoms with E-state index in [9.17, 15) is 5.11 Å². The summed E-state index contributed by atoms with van der Waals surface area (Å²) in [5, 5.41) is 10.6. The van der Waals surface area contributed by atoms with Gasteiger partial charge in [-0.3, -0.25) is 0 Å². The molecule has 3 aliphatic rings. The first-order valence-corrected chi connectivity index (χ1v) is 10.1. The Balaban J connectivity index is 1.87. The molecule has 0 bridgehead atoms. The zero-order chi connectivity index (χ0) is 20.2. The maximum Gasteiger partial charge on any atom is 0.142 e. The molecule has 0 fully saturated rings. The van der Waals surface area contributed by atoms with Gasteiger partial charge in [0.2, 0.25) is 0 Å². The van der Waals surface area contributed by atoms with E-state index in [4.69, 9.17) is 4.98 Å². The lowest BCUT2D eigenvalue weighted by Gasteiger charge is -2.04. The van der Waals surface area contributed by atoms with Gasteiger partial charge in [-0.05, 0) is 56.4 Å². The summed E-state index contributed by atoms with van der Waals surface area (Å²) >= 11 is 0. The topological polar surface area (TPSA) is 48.9 Å². The van der Waals surface area contributed by atoms with E-state index in [0.717, 1.165) is 47.4 Å². The second-order valence-corrected chi connectivity index (χ2v) is 7.62. The van der Waals surface area contributed by atoms with Crippen molar-refractivity contribution in [3.63, 3.8) is 0 Å². The fourth-order valence-corrected chi connectivity index (χ4v) is 3.60. The molecule has 4 rings (SSSR count). The molecule has 3 heteroatoms. The molecular formula is C26H26N2O. The maximum absolute atomic E-state index is 10.6. The lowest BCUT2D eigenvalue weighted by molar-refractivity contribution is 0.435. The minimum atomic E-state index is 0.239. The van der Waals surface area contributed by atoms with Crippen molar-refractivity contribution in [1.82, 2.24) is 9.97 Å². The van der Waals surface area contributed by atoms with Gasteiger partial charge in [0.05, 0.1) is 17.0 Å². The van der Waals surface area contributed by atoms with Gasteiger partial charge in [-0.2, -0.15) is 0 Å². The van der Waals surface area contributed by atoms with Crippen LogP contribution in [0, 0.1) is 0 Å². The molecule has 0 radical (unpaired) electrons. The quantitative estimate of drug-likeness (QED) is 0.606. The SMILES string of the molecule is CC1=CC=CC(c2[nH]c(C3=C(O)C=CCC(C)=C3)nc2C2=CCC=CC=C2)=CC1. The molecule has 0 amide bonds. The molecule has 3 nitrogen and oxygen atoms in total. The largest absolute Gasteiger partial charge is 0.507 e. The Labute approximate surface area is 172 Å². The molecule has 2 N–H and O–H groups in total. The summed E-state index contributed by atoms with van der Waals surface area (Å²) in [4.78, 5) is 8.47. The average molecular weight is 383 g/mol.